The minimum atomic E-state index is -0.122. The number of rotatable bonds is 5. The van der Waals surface area contributed by atoms with Crippen LogP contribution in [0.4, 0.5) is 10.5 Å². The lowest BCUT2D eigenvalue weighted by molar-refractivity contribution is 0.246. The number of hydrogen-bond donors (Lipinski definition) is 2. The second-order valence-corrected chi connectivity index (χ2v) is 4.70. The maximum absolute atomic E-state index is 11.7. The number of amides is 2. The van der Waals surface area contributed by atoms with Crippen molar-refractivity contribution >= 4 is 11.7 Å². The Hall–Kier alpha value is -1.51. The number of carbonyl (C=O) groups is 1. The van der Waals surface area contributed by atoms with Gasteiger partial charge in [0.05, 0.1) is 0 Å². The molecule has 0 heterocycles. The lowest BCUT2D eigenvalue weighted by atomic mass is 10.0. The molecule has 0 spiro atoms. The van der Waals surface area contributed by atoms with Gasteiger partial charge in [0.15, 0.2) is 0 Å². The minimum absolute atomic E-state index is 0.122. The number of urea groups is 1. The fourth-order valence-electron chi connectivity index (χ4n) is 1.77. The van der Waals surface area contributed by atoms with Crippen LogP contribution in [0.25, 0.3) is 0 Å². The van der Waals surface area contributed by atoms with Gasteiger partial charge >= 0.3 is 6.03 Å². The molecular formula is C14H22N2O. The Kier molecular flexibility index (Phi) is 5.53. The van der Waals surface area contributed by atoms with Crippen LogP contribution in [-0.4, -0.2) is 12.1 Å². The predicted octanol–water partition coefficient (Wildman–Crippen LogP) is 3.63. The van der Waals surface area contributed by atoms with Gasteiger partial charge in [-0.1, -0.05) is 39.0 Å². The zero-order valence-corrected chi connectivity index (χ0v) is 10.9. The van der Waals surface area contributed by atoms with E-state index in [1.807, 2.05) is 30.3 Å². The van der Waals surface area contributed by atoms with E-state index in [2.05, 4.69) is 31.4 Å². The van der Waals surface area contributed by atoms with Crippen molar-refractivity contribution in [1.82, 2.24) is 5.32 Å². The molecule has 17 heavy (non-hydrogen) atoms. The van der Waals surface area contributed by atoms with E-state index >= 15 is 0 Å². The van der Waals surface area contributed by atoms with E-state index in [1.54, 1.807) is 0 Å². The van der Waals surface area contributed by atoms with E-state index < -0.39 is 0 Å². The molecule has 0 radical (unpaired) electrons. The second kappa shape index (κ2) is 6.94. The Balaban J connectivity index is 2.43. The first kappa shape index (κ1) is 13.6. The highest BCUT2D eigenvalue weighted by atomic mass is 16.2. The summed E-state index contributed by atoms with van der Waals surface area (Å²) < 4.78 is 0. The first-order valence-corrected chi connectivity index (χ1v) is 6.24. The van der Waals surface area contributed by atoms with Gasteiger partial charge in [-0.2, -0.15) is 0 Å². The maximum atomic E-state index is 11.7. The summed E-state index contributed by atoms with van der Waals surface area (Å²) in [6, 6.07) is 9.62. The number of benzene rings is 1. The smallest absolute Gasteiger partial charge is 0.319 e. The van der Waals surface area contributed by atoms with Gasteiger partial charge in [-0.25, -0.2) is 4.79 Å². The average molecular weight is 234 g/mol. The summed E-state index contributed by atoms with van der Waals surface area (Å²) >= 11 is 0. The summed E-state index contributed by atoms with van der Waals surface area (Å²) in [5, 5.41) is 5.83. The fraction of sp³-hybridized carbons (Fsp3) is 0.500. The van der Waals surface area contributed by atoms with Crippen molar-refractivity contribution in [1.29, 1.82) is 0 Å². The van der Waals surface area contributed by atoms with Crippen LogP contribution in [0, 0.1) is 5.92 Å². The van der Waals surface area contributed by atoms with Gasteiger partial charge < -0.3 is 10.6 Å². The first-order valence-electron chi connectivity index (χ1n) is 6.24. The van der Waals surface area contributed by atoms with Gasteiger partial charge in [0.25, 0.3) is 0 Å². The molecule has 1 rings (SSSR count). The molecule has 3 nitrogen and oxygen atoms in total. The van der Waals surface area contributed by atoms with E-state index in [-0.39, 0.29) is 12.1 Å². The maximum Gasteiger partial charge on any atom is 0.319 e. The van der Waals surface area contributed by atoms with Crippen molar-refractivity contribution in [2.45, 2.75) is 39.7 Å². The SMILES string of the molecule is CCC(CC(C)C)NC(=O)Nc1ccccc1. The molecule has 0 aliphatic rings. The highest BCUT2D eigenvalue weighted by molar-refractivity contribution is 5.89. The third-order valence-corrected chi connectivity index (χ3v) is 2.62. The van der Waals surface area contributed by atoms with Crippen molar-refractivity contribution in [3.63, 3.8) is 0 Å². The summed E-state index contributed by atoms with van der Waals surface area (Å²) in [7, 11) is 0. The Morgan fingerprint density at radius 3 is 2.41 bits per heavy atom. The van der Waals surface area contributed by atoms with Crippen LogP contribution in [-0.2, 0) is 0 Å². The van der Waals surface area contributed by atoms with Crippen molar-refractivity contribution in [3.05, 3.63) is 30.3 Å². The van der Waals surface area contributed by atoms with Crippen LogP contribution in [0.3, 0.4) is 0 Å². The summed E-state index contributed by atoms with van der Waals surface area (Å²) in [6.45, 7) is 6.43. The van der Waals surface area contributed by atoms with Crippen molar-refractivity contribution in [3.8, 4) is 0 Å². The fourth-order valence-corrected chi connectivity index (χ4v) is 1.77. The van der Waals surface area contributed by atoms with Crippen molar-refractivity contribution in [2.24, 2.45) is 5.92 Å². The summed E-state index contributed by atoms with van der Waals surface area (Å²) in [4.78, 5) is 11.7. The Labute approximate surface area is 104 Å². The molecule has 0 aromatic heterocycles. The van der Waals surface area contributed by atoms with Gasteiger partial charge in [0.1, 0.15) is 0 Å². The zero-order valence-electron chi connectivity index (χ0n) is 10.9. The lowest BCUT2D eigenvalue weighted by Gasteiger charge is -2.19. The number of hydrogen-bond acceptors (Lipinski definition) is 1. The van der Waals surface area contributed by atoms with Gasteiger partial charge in [-0.15, -0.1) is 0 Å². The summed E-state index contributed by atoms with van der Waals surface area (Å²) in [6.07, 6.45) is 1.97. The molecule has 0 aliphatic heterocycles. The molecule has 1 unspecified atom stereocenters. The molecule has 1 atom stereocenters. The van der Waals surface area contributed by atoms with E-state index in [9.17, 15) is 4.79 Å². The Bertz CT molecular complexity index is 335. The molecular weight excluding hydrogens is 212 g/mol. The van der Waals surface area contributed by atoms with Crippen LogP contribution < -0.4 is 10.6 Å². The molecule has 0 saturated heterocycles. The van der Waals surface area contributed by atoms with Crippen molar-refractivity contribution < 1.29 is 4.79 Å². The molecule has 0 bridgehead atoms. The van der Waals surface area contributed by atoms with Gasteiger partial charge in [0, 0.05) is 11.7 Å². The van der Waals surface area contributed by atoms with E-state index in [4.69, 9.17) is 0 Å². The van der Waals surface area contributed by atoms with Crippen molar-refractivity contribution in [2.75, 3.05) is 5.32 Å². The monoisotopic (exact) mass is 234 g/mol. The Morgan fingerprint density at radius 2 is 1.88 bits per heavy atom. The van der Waals surface area contributed by atoms with Crippen LogP contribution >= 0.6 is 0 Å². The molecule has 1 aromatic carbocycles. The molecule has 0 saturated carbocycles. The van der Waals surface area contributed by atoms with Gasteiger partial charge in [0.2, 0.25) is 0 Å². The van der Waals surface area contributed by atoms with Crippen LogP contribution in [0.5, 0.6) is 0 Å². The molecule has 2 N–H and O–H groups in total. The zero-order chi connectivity index (χ0) is 12.7. The standard InChI is InChI=1S/C14H22N2O/c1-4-12(10-11(2)3)15-14(17)16-13-8-6-5-7-9-13/h5-9,11-12H,4,10H2,1-3H3,(H2,15,16,17). The van der Waals surface area contributed by atoms with E-state index in [1.165, 1.54) is 0 Å². The summed E-state index contributed by atoms with van der Waals surface area (Å²) in [5.74, 6) is 0.594. The molecule has 3 heteroatoms. The molecule has 1 aromatic rings. The molecule has 94 valence electrons. The minimum Gasteiger partial charge on any atom is -0.335 e. The number of anilines is 1. The first-order chi connectivity index (χ1) is 8.11. The lowest BCUT2D eigenvalue weighted by Crippen LogP contribution is -2.38. The third-order valence-electron chi connectivity index (χ3n) is 2.62. The average Bonchev–Trinajstić information content (AvgIpc) is 2.28. The van der Waals surface area contributed by atoms with E-state index in [0.717, 1.165) is 18.5 Å². The third kappa shape index (κ3) is 5.38. The highest BCUT2D eigenvalue weighted by Gasteiger charge is 2.11. The molecule has 0 fully saturated rings. The normalized spacial score (nSPS) is 12.2. The Morgan fingerprint density at radius 1 is 1.24 bits per heavy atom. The van der Waals surface area contributed by atoms with Crippen LogP contribution in [0.1, 0.15) is 33.6 Å². The van der Waals surface area contributed by atoms with Gasteiger partial charge in [-0.3, -0.25) is 0 Å². The quantitative estimate of drug-likeness (QED) is 0.802. The van der Waals surface area contributed by atoms with Gasteiger partial charge in [-0.05, 0) is 30.9 Å². The largest absolute Gasteiger partial charge is 0.335 e. The molecule has 2 amide bonds. The number of nitrogens with one attached hydrogen (secondary N) is 2. The number of carbonyl (C=O) groups excluding carboxylic acids is 1. The number of para-hydroxylation sites is 1. The highest BCUT2D eigenvalue weighted by Crippen LogP contribution is 2.09. The molecule has 0 aliphatic carbocycles. The summed E-state index contributed by atoms with van der Waals surface area (Å²) in [5.41, 5.74) is 0.824. The topological polar surface area (TPSA) is 41.1 Å². The van der Waals surface area contributed by atoms with Crippen LogP contribution in [0.15, 0.2) is 30.3 Å². The second-order valence-electron chi connectivity index (χ2n) is 4.70. The van der Waals surface area contributed by atoms with E-state index in [0.29, 0.717) is 5.92 Å². The van der Waals surface area contributed by atoms with Crippen LogP contribution in [0.2, 0.25) is 0 Å². The predicted molar refractivity (Wildman–Crippen MR) is 72.1 cm³/mol.